The summed E-state index contributed by atoms with van der Waals surface area (Å²) in [7, 11) is 0. The number of fused-ring (bicyclic) bond motifs is 1. The third kappa shape index (κ3) is 6.05. The summed E-state index contributed by atoms with van der Waals surface area (Å²) in [6, 6.07) is 27.8. The molecule has 4 aromatic carbocycles. The first kappa shape index (κ1) is 26.3. The van der Waals surface area contributed by atoms with Crippen LogP contribution in [0.2, 0.25) is 0 Å². The van der Waals surface area contributed by atoms with E-state index in [1.807, 2.05) is 31.2 Å². The number of carbonyl (C=O) groups is 1. The minimum Gasteiger partial charge on any atom is -0.489 e. The lowest BCUT2D eigenvalue weighted by molar-refractivity contribution is -0.136. The van der Waals surface area contributed by atoms with Crippen molar-refractivity contribution >= 4 is 5.97 Å². The topological polar surface area (TPSA) is 104 Å². The number of allylic oxidation sites excluding steroid dienone is 1. The normalized spacial score (nSPS) is 14.0. The van der Waals surface area contributed by atoms with E-state index in [-0.39, 0.29) is 36.2 Å². The maximum Gasteiger partial charge on any atom is 0.349 e. The number of benzene rings is 4. The molecule has 0 amide bonds. The predicted molar refractivity (Wildman–Crippen MR) is 145 cm³/mol. The fourth-order valence-corrected chi connectivity index (χ4v) is 4.28. The van der Waals surface area contributed by atoms with E-state index in [9.17, 15) is 14.4 Å². The van der Waals surface area contributed by atoms with Gasteiger partial charge in [0, 0.05) is 11.6 Å². The number of halogens is 1. The molecule has 1 aliphatic rings. The Bertz CT molecular complexity index is 1590. The van der Waals surface area contributed by atoms with Gasteiger partial charge >= 0.3 is 5.97 Å². The second-order valence-corrected chi connectivity index (χ2v) is 9.18. The summed E-state index contributed by atoms with van der Waals surface area (Å²) in [4.78, 5) is 12.4. The van der Waals surface area contributed by atoms with Crippen LogP contribution >= 0.6 is 0 Å². The zero-order valence-corrected chi connectivity index (χ0v) is 21.6. The van der Waals surface area contributed by atoms with Crippen molar-refractivity contribution in [3.05, 3.63) is 131 Å². The van der Waals surface area contributed by atoms with Crippen LogP contribution in [0.5, 0.6) is 23.0 Å². The molecule has 0 aromatic heterocycles. The zero-order chi connectivity index (χ0) is 28.1. The number of nitrogens with two attached hydrogens (primary N) is 1. The van der Waals surface area contributed by atoms with Crippen LogP contribution in [-0.2, 0) is 11.4 Å². The van der Waals surface area contributed by atoms with Crippen molar-refractivity contribution in [3.8, 4) is 29.1 Å². The summed E-state index contributed by atoms with van der Waals surface area (Å²) < 4.78 is 35.6. The maximum absolute atomic E-state index is 13.1. The minimum atomic E-state index is -0.578. The molecule has 8 heteroatoms. The van der Waals surface area contributed by atoms with Gasteiger partial charge in [-0.15, -0.1) is 0 Å². The molecule has 1 heterocycles. The van der Waals surface area contributed by atoms with Crippen molar-refractivity contribution in [2.45, 2.75) is 19.4 Å². The first-order chi connectivity index (χ1) is 19.4. The summed E-state index contributed by atoms with van der Waals surface area (Å²) in [5.41, 5.74) is 9.80. The standard InChI is InChI=1S/C32H25FN2O5/c1-20-2-10-24(11-3-20)38-19-30(36)39-26-14-15-27-29(16-26)40-32(35)28(17-34)31(27)22-6-12-25(13-7-22)37-18-21-4-8-23(33)9-5-21/h2-16,31H,18-19,35H2,1H3. The summed E-state index contributed by atoms with van der Waals surface area (Å²) in [5.74, 6) is 0.417. The van der Waals surface area contributed by atoms with Gasteiger partial charge in [0.05, 0.1) is 5.92 Å². The van der Waals surface area contributed by atoms with E-state index in [0.29, 0.717) is 22.8 Å². The fraction of sp³-hybridized carbons (Fsp3) is 0.125. The lowest BCUT2D eigenvalue weighted by Crippen LogP contribution is -2.21. The number of nitriles is 1. The van der Waals surface area contributed by atoms with E-state index in [1.165, 1.54) is 12.1 Å². The first-order valence-corrected chi connectivity index (χ1v) is 12.5. The maximum atomic E-state index is 13.1. The van der Waals surface area contributed by atoms with Crippen LogP contribution in [0.15, 0.2) is 102 Å². The average Bonchev–Trinajstić information content (AvgIpc) is 2.96. The Morgan fingerprint density at radius 3 is 2.27 bits per heavy atom. The molecule has 0 radical (unpaired) electrons. The second-order valence-electron chi connectivity index (χ2n) is 9.18. The van der Waals surface area contributed by atoms with E-state index in [0.717, 1.165) is 16.7 Å². The van der Waals surface area contributed by atoms with Crippen LogP contribution in [-0.4, -0.2) is 12.6 Å². The van der Waals surface area contributed by atoms with Crippen LogP contribution < -0.4 is 24.7 Å². The Kier molecular flexibility index (Phi) is 7.65. The van der Waals surface area contributed by atoms with Gasteiger partial charge in [0.2, 0.25) is 5.88 Å². The van der Waals surface area contributed by atoms with E-state index < -0.39 is 11.9 Å². The van der Waals surface area contributed by atoms with Gasteiger partial charge in [0.15, 0.2) is 6.61 Å². The van der Waals surface area contributed by atoms with Crippen molar-refractivity contribution < 1.29 is 28.1 Å². The van der Waals surface area contributed by atoms with Crippen LogP contribution in [0, 0.1) is 24.1 Å². The van der Waals surface area contributed by atoms with Gasteiger partial charge in [-0.05, 0) is 60.5 Å². The second kappa shape index (κ2) is 11.6. The summed E-state index contributed by atoms with van der Waals surface area (Å²) >= 11 is 0. The Balaban J connectivity index is 1.29. The largest absolute Gasteiger partial charge is 0.489 e. The predicted octanol–water partition coefficient (Wildman–Crippen LogP) is 5.92. The molecule has 4 aromatic rings. The van der Waals surface area contributed by atoms with Crippen molar-refractivity contribution in [3.63, 3.8) is 0 Å². The first-order valence-electron chi connectivity index (χ1n) is 12.5. The quantitative estimate of drug-likeness (QED) is 0.220. The molecule has 1 aliphatic heterocycles. The van der Waals surface area contributed by atoms with Crippen LogP contribution in [0.25, 0.3) is 0 Å². The molecular formula is C32H25FN2O5. The van der Waals surface area contributed by atoms with Gasteiger partial charge < -0.3 is 24.7 Å². The molecule has 1 unspecified atom stereocenters. The Labute approximate surface area is 230 Å². The molecule has 0 saturated carbocycles. The molecule has 200 valence electrons. The highest BCUT2D eigenvalue weighted by Gasteiger charge is 2.31. The van der Waals surface area contributed by atoms with Gasteiger partial charge in [-0.2, -0.15) is 5.26 Å². The molecule has 0 saturated heterocycles. The van der Waals surface area contributed by atoms with Gasteiger partial charge in [-0.3, -0.25) is 0 Å². The fourth-order valence-electron chi connectivity index (χ4n) is 4.28. The number of esters is 1. The molecular weight excluding hydrogens is 511 g/mol. The lowest BCUT2D eigenvalue weighted by atomic mass is 9.83. The average molecular weight is 537 g/mol. The molecule has 7 nitrogen and oxygen atoms in total. The molecule has 0 spiro atoms. The van der Waals surface area contributed by atoms with Crippen molar-refractivity contribution in [2.24, 2.45) is 5.73 Å². The third-order valence-corrected chi connectivity index (χ3v) is 6.33. The highest BCUT2D eigenvalue weighted by atomic mass is 19.1. The Morgan fingerprint density at radius 2 is 1.57 bits per heavy atom. The van der Waals surface area contributed by atoms with Gasteiger partial charge in [0.1, 0.15) is 47.1 Å². The smallest absolute Gasteiger partial charge is 0.349 e. The van der Waals surface area contributed by atoms with Crippen LogP contribution in [0.4, 0.5) is 4.39 Å². The van der Waals surface area contributed by atoms with Crippen LogP contribution in [0.1, 0.15) is 28.2 Å². The van der Waals surface area contributed by atoms with E-state index >= 15 is 0 Å². The van der Waals surface area contributed by atoms with E-state index in [4.69, 9.17) is 24.7 Å². The summed E-state index contributed by atoms with van der Waals surface area (Å²) in [6.07, 6.45) is 0. The van der Waals surface area contributed by atoms with E-state index in [1.54, 1.807) is 54.6 Å². The van der Waals surface area contributed by atoms with E-state index in [2.05, 4.69) is 6.07 Å². The third-order valence-electron chi connectivity index (χ3n) is 6.33. The summed E-state index contributed by atoms with van der Waals surface area (Å²) in [5, 5.41) is 9.84. The minimum absolute atomic E-state index is 0.0252. The number of nitrogens with zero attached hydrogens (tertiary/aromatic N) is 1. The summed E-state index contributed by atoms with van der Waals surface area (Å²) in [6.45, 7) is 1.98. The molecule has 2 N–H and O–H groups in total. The van der Waals surface area contributed by atoms with Crippen molar-refractivity contribution in [1.82, 2.24) is 0 Å². The number of rotatable bonds is 8. The lowest BCUT2D eigenvalue weighted by Gasteiger charge is -2.26. The SMILES string of the molecule is Cc1ccc(OCC(=O)Oc2ccc3c(c2)OC(N)=C(C#N)C3c2ccc(OCc3ccc(F)cc3)cc2)cc1. The van der Waals surface area contributed by atoms with Crippen LogP contribution in [0.3, 0.4) is 0 Å². The van der Waals surface area contributed by atoms with Gasteiger partial charge in [0.25, 0.3) is 0 Å². The number of aryl methyl sites for hydroxylation is 1. The Hall–Kier alpha value is -5.29. The van der Waals surface area contributed by atoms with Crippen molar-refractivity contribution in [1.29, 1.82) is 5.26 Å². The molecule has 0 bridgehead atoms. The highest BCUT2D eigenvalue weighted by molar-refractivity contribution is 5.74. The number of ether oxygens (including phenoxy) is 4. The number of hydrogen-bond donors (Lipinski definition) is 1. The molecule has 1 atom stereocenters. The molecule has 40 heavy (non-hydrogen) atoms. The number of carbonyl (C=O) groups excluding carboxylic acids is 1. The van der Waals surface area contributed by atoms with Crippen molar-refractivity contribution in [2.75, 3.05) is 6.61 Å². The Morgan fingerprint density at radius 1 is 0.925 bits per heavy atom. The highest BCUT2D eigenvalue weighted by Crippen LogP contribution is 2.43. The molecule has 5 rings (SSSR count). The monoisotopic (exact) mass is 536 g/mol. The zero-order valence-electron chi connectivity index (χ0n) is 21.6. The number of hydrogen-bond acceptors (Lipinski definition) is 7. The molecule has 0 fully saturated rings. The van der Waals surface area contributed by atoms with Gasteiger partial charge in [-0.1, -0.05) is 48.0 Å². The molecule has 0 aliphatic carbocycles. The van der Waals surface area contributed by atoms with Gasteiger partial charge in [-0.25, -0.2) is 9.18 Å².